The number of carbonyl (C=O) groups excluding carboxylic acids is 2. The Labute approximate surface area is 218 Å². The van der Waals surface area contributed by atoms with Crippen molar-refractivity contribution in [2.75, 3.05) is 0 Å². The zero-order valence-electron chi connectivity index (χ0n) is 23.8. The zero-order chi connectivity index (χ0) is 26.9. The largest absolute Gasteiger partial charge is 0.299 e. The molecule has 0 saturated heterocycles. The molecule has 0 aromatic carbocycles. The monoisotopic (exact) mass is 490 g/mol. The van der Waals surface area contributed by atoms with Gasteiger partial charge >= 0.3 is 0 Å². The normalized spacial score (nSPS) is 46.2. The number of rotatable bonds is 0. The Hall–Kier alpha value is -1.94. The fourth-order valence-electron chi connectivity index (χ4n) is 9.66. The van der Waals surface area contributed by atoms with E-state index in [0.29, 0.717) is 18.1 Å². The first-order valence-electron chi connectivity index (χ1n) is 14.2. The second-order valence-electron chi connectivity index (χ2n) is 14.9. The number of hydrogen-bond donors (Lipinski definition) is 0. The van der Waals surface area contributed by atoms with E-state index in [9.17, 15) is 20.1 Å². The van der Waals surface area contributed by atoms with Crippen molar-refractivity contribution in [1.29, 1.82) is 10.5 Å². The number of allylic oxidation sites excluding steroid dienone is 2. The fourth-order valence-corrected chi connectivity index (χ4v) is 9.66. The van der Waals surface area contributed by atoms with E-state index in [4.69, 9.17) is 0 Å². The smallest absolute Gasteiger partial charge is 0.178 e. The molecule has 4 rings (SSSR count). The predicted octanol–water partition coefficient (Wildman–Crippen LogP) is 7.45. The third-order valence-electron chi connectivity index (χ3n) is 12.2. The molecule has 0 aliphatic heterocycles. The maximum Gasteiger partial charge on any atom is 0.178 e. The summed E-state index contributed by atoms with van der Waals surface area (Å²) in [6, 6.07) is 4.82. The van der Waals surface area contributed by atoms with E-state index in [2.05, 4.69) is 53.7 Å². The van der Waals surface area contributed by atoms with Crippen LogP contribution in [0.25, 0.3) is 0 Å². The molecule has 36 heavy (non-hydrogen) atoms. The van der Waals surface area contributed by atoms with Gasteiger partial charge in [0.05, 0.1) is 11.6 Å². The number of carbonyl (C=O) groups is 2. The molecule has 0 spiro atoms. The van der Waals surface area contributed by atoms with Crippen LogP contribution in [0.1, 0.15) is 107 Å². The highest BCUT2D eigenvalue weighted by molar-refractivity contribution is 6.04. The van der Waals surface area contributed by atoms with Gasteiger partial charge in [0.1, 0.15) is 11.9 Å². The number of hydrogen-bond acceptors (Lipinski definition) is 4. The van der Waals surface area contributed by atoms with Gasteiger partial charge in [-0.05, 0) is 84.4 Å². The van der Waals surface area contributed by atoms with E-state index in [1.807, 2.05) is 19.9 Å². The average Bonchev–Trinajstić information content (AvgIpc) is 2.79. The van der Waals surface area contributed by atoms with Crippen molar-refractivity contribution in [1.82, 2.24) is 0 Å². The molecule has 0 aromatic rings. The summed E-state index contributed by atoms with van der Waals surface area (Å²) in [4.78, 5) is 27.3. The first kappa shape index (κ1) is 27.1. The second kappa shape index (κ2) is 8.55. The zero-order valence-corrected chi connectivity index (χ0v) is 23.8. The van der Waals surface area contributed by atoms with Gasteiger partial charge in [-0.2, -0.15) is 10.5 Å². The summed E-state index contributed by atoms with van der Waals surface area (Å²) in [5.74, 6) is 0.938. The highest BCUT2D eigenvalue weighted by Crippen LogP contribution is 2.72. The molecule has 8 atom stereocenters. The highest BCUT2D eigenvalue weighted by Gasteiger charge is 2.68. The fraction of sp³-hybridized carbons (Fsp3) is 0.812. The van der Waals surface area contributed by atoms with Gasteiger partial charge in [0, 0.05) is 23.7 Å². The van der Waals surface area contributed by atoms with Crippen LogP contribution < -0.4 is 0 Å². The second-order valence-corrected chi connectivity index (χ2v) is 14.9. The van der Waals surface area contributed by atoms with Crippen molar-refractivity contribution in [3.05, 3.63) is 11.6 Å². The van der Waals surface area contributed by atoms with E-state index >= 15 is 0 Å². The van der Waals surface area contributed by atoms with Gasteiger partial charge in [-0.3, -0.25) is 9.59 Å². The lowest BCUT2D eigenvalue weighted by atomic mass is 9.35. The Kier molecular flexibility index (Phi) is 6.43. The van der Waals surface area contributed by atoms with Crippen LogP contribution in [0.2, 0.25) is 0 Å². The Morgan fingerprint density at radius 2 is 1.50 bits per heavy atom. The first-order chi connectivity index (χ1) is 16.6. The molecule has 3 fully saturated rings. The van der Waals surface area contributed by atoms with Crippen LogP contribution in [-0.2, 0) is 9.59 Å². The molecule has 0 bridgehead atoms. The maximum atomic E-state index is 14.1. The molecular weight excluding hydrogens is 444 g/mol. The molecule has 0 N–H and O–H groups in total. The molecular formula is C32H46N2O2. The van der Waals surface area contributed by atoms with Crippen LogP contribution in [0.15, 0.2) is 11.6 Å². The maximum absolute atomic E-state index is 14.1. The van der Waals surface area contributed by atoms with Crippen LogP contribution in [0, 0.1) is 79.3 Å². The lowest BCUT2D eigenvalue weighted by Crippen LogP contribution is -2.65. The van der Waals surface area contributed by atoms with Crippen LogP contribution in [0.4, 0.5) is 0 Å². The Morgan fingerprint density at radius 1 is 0.861 bits per heavy atom. The van der Waals surface area contributed by atoms with Gasteiger partial charge < -0.3 is 0 Å². The summed E-state index contributed by atoms with van der Waals surface area (Å²) >= 11 is 0. The summed E-state index contributed by atoms with van der Waals surface area (Å²) in [6.07, 6.45) is 9.12. The quantitative estimate of drug-likeness (QED) is 0.353. The van der Waals surface area contributed by atoms with E-state index in [1.165, 1.54) is 0 Å². The van der Waals surface area contributed by atoms with Crippen LogP contribution in [-0.4, -0.2) is 11.6 Å². The minimum atomic E-state index is -0.606. The van der Waals surface area contributed by atoms with Gasteiger partial charge in [0.15, 0.2) is 5.78 Å². The minimum absolute atomic E-state index is 0.0293. The lowest BCUT2D eigenvalue weighted by Gasteiger charge is -2.68. The number of Topliss-reactive ketones (excluding diaryl/α,β-unsaturated/α-hetero) is 2. The average molecular weight is 491 g/mol. The number of fused-ring (bicyclic) bond motifs is 5. The Morgan fingerprint density at radius 3 is 2.11 bits per heavy atom. The molecule has 4 heteroatoms. The molecule has 0 amide bonds. The van der Waals surface area contributed by atoms with Crippen LogP contribution in [0.3, 0.4) is 0 Å². The highest BCUT2D eigenvalue weighted by atomic mass is 16.1. The molecule has 4 aliphatic rings. The summed E-state index contributed by atoms with van der Waals surface area (Å²) in [6.45, 7) is 17.8. The molecule has 0 heterocycles. The van der Waals surface area contributed by atoms with Gasteiger partial charge in [-0.25, -0.2) is 0 Å². The van der Waals surface area contributed by atoms with Crippen molar-refractivity contribution in [3.63, 3.8) is 0 Å². The van der Waals surface area contributed by atoms with Crippen molar-refractivity contribution < 1.29 is 9.59 Å². The minimum Gasteiger partial charge on any atom is -0.299 e. The Balaban J connectivity index is 1.83. The predicted molar refractivity (Wildman–Crippen MR) is 141 cm³/mol. The number of nitriles is 2. The van der Waals surface area contributed by atoms with Crippen molar-refractivity contribution in [2.45, 2.75) is 107 Å². The van der Waals surface area contributed by atoms with Crippen molar-refractivity contribution in [2.24, 2.45) is 56.7 Å². The summed E-state index contributed by atoms with van der Waals surface area (Å²) in [7, 11) is 0. The van der Waals surface area contributed by atoms with Gasteiger partial charge in [0.25, 0.3) is 0 Å². The number of nitrogens with zero attached hydrogens (tertiary/aromatic N) is 2. The summed E-state index contributed by atoms with van der Waals surface area (Å²) in [5, 5.41) is 19.8. The van der Waals surface area contributed by atoms with Crippen LogP contribution in [0.5, 0.6) is 0 Å². The van der Waals surface area contributed by atoms with Crippen molar-refractivity contribution in [3.8, 4) is 12.1 Å². The third kappa shape index (κ3) is 3.73. The van der Waals surface area contributed by atoms with Crippen molar-refractivity contribution >= 4 is 11.6 Å². The van der Waals surface area contributed by atoms with Gasteiger partial charge in [-0.15, -0.1) is 0 Å². The standard InChI is InChI=1S/C32H46N2O2/c1-20-9-13-31(7)23(10-12-28(2,3)16-21(20)18-33)24(35)15-26-30(6)17-22(19-34)27(36)29(4,5)25(30)11-14-32(26,31)8/h17,20-21,23,25-26H,9-16H2,1-8H3/t20?,21-,23?,25-,26+,30-,31+,32+/m0/s1. The van der Waals surface area contributed by atoms with E-state index in [0.717, 1.165) is 44.9 Å². The Bertz CT molecular complexity index is 1070. The van der Waals surface area contributed by atoms with E-state index in [1.54, 1.807) is 0 Å². The third-order valence-corrected chi connectivity index (χ3v) is 12.2. The molecule has 0 aromatic heterocycles. The van der Waals surface area contributed by atoms with E-state index in [-0.39, 0.29) is 56.7 Å². The molecule has 0 radical (unpaired) electrons. The molecule has 2 unspecified atom stereocenters. The van der Waals surface area contributed by atoms with Crippen LogP contribution >= 0.6 is 0 Å². The van der Waals surface area contributed by atoms with Gasteiger partial charge in [-0.1, -0.05) is 61.5 Å². The number of ketones is 2. The van der Waals surface area contributed by atoms with Gasteiger partial charge in [0.2, 0.25) is 0 Å². The topological polar surface area (TPSA) is 81.7 Å². The molecule has 4 nitrogen and oxygen atoms in total. The molecule has 3 saturated carbocycles. The van der Waals surface area contributed by atoms with E-state index < -0.39 is 5.41 Å². The molecule has 196 valence electrons. The summed E-state index contributed by atoms with van der Waals surface area (Å²) < 4.78 is 0. The lowest BCUT2D eigenvalue weighted by molar-refractivity contribution is -0.191. The first-order valence-corrected chi connectivity index (χ1v) is 14.2. The molecule has 4 aliphatic carbocycles. The SMILES string of the molecule is CC1CC[C@]2(C)C(CCC(C)(C)C[C@H]1C#N)C(=O)C[C@@H]1[C@@]3(C)C=C(C#N)C(=O)C(C)(C)[C@@H]3CC[C@]12C. The summed E-state index contributed by atoms with van der Waals surface area (Å²) in [5.41, 5.74) is -0.905.